The average Bonchev–Trinajstić information content (AvgIpc) is 3.31. The average molecular weight is 341 g/mol. The Morgan fingerprint density at radius 3 is 3.00 bits per heavy atom. The largest absolute Gasteiger partial charge is 0.468 e. The molecule has 0 saturated carbocycles. The van der Waals surface area contributed by atoms with Gasteiger partial charge in [0.1, 0.15) is 11.9 Å². The highest BCUT2D eigenvalue weighted by Gasteiger charge is 2.41. The third-order valence-electron chi connectivity index (χ3n) is 5.06. The minimum absolute atomic E-state index is 0.0337. The molecular formula is C19H23N3O3. The van der Waals surface area contributed by atoms with Crippen LogP contribution in [0.25, 0.3) is 0 Å². The molecule has 1 N–H and O–H groups in total. The summed E-state index contributed by atoms with van der Waals surface area (Å²) in [6.07, 6.45) is 5.92. The summed E-state index contributed by atoms with van der Waals surface area (Å²) in [5.41, 5.74) is 0.857. The molecule has 0 radical (unpaired) electrons. The molecule has 4 heterocycles. The van der Waals surface area contributed by atoms with Gasteiger partial charge < -0.3 is 14.5 Å². The van der Waals surface area contributed by atoms with Gasteiger partial charge in [0.05, 0.1) is 31.2 Å². The number of ether oxygens (including phenoxy) is 1. The van der Waals surface area contributed by atoms with E-state index in [0.717, 1.165) is 43.8 Å². The van der Waals surface area contributed by atoms with Gasteiger partial charge >= 0.3 is 0 Å². The van der Waals surface area contributed by atoms with Crippen LogP contribution in [0.3, 0.4) is 0 Å². The number of amides is 1. The zero-order chi connectivity index (χ0) is 17.1. The van der Waals surface area contributed by atoms with Crippen LogP contribution < -0.4 is 5.32 Å². The first kappa shape index (κ1) is 16.3. The summed E-state index contributed by atoms with van der Waals surface area (Å²) in [7, 11) is 0. The molecule has 2 saturated heterocycles. The summed E-state index contributed by atoms with van der Waals surface area (Å²) in [5, 5.41) is 2.94. The fourth-order valence-corrected chi connectivity index (χ4v) is 3.80. The van der Waals surface area contributed by atoms with E-state index in [1.807, 2.05) is 30.3 Å². The summed E-state index contributed by atoms with van der Waals surface area (Å²) in [6.45, 7) is 2.24. The van der Waals surface area contributed by atoms with Crippen LogP contribution >= 0.6 is 0 Å². The Hall–Kier alpha value is -2.18. The van der Waals surface area contributed by atoms with Crippen molar-refractivity contribution in [1.82, 2.24) is 15.2 Å². The molecule has 3 atom stereocenters. The van der Waals surface area contributed by atoms with Gasteiger partial charge in [-0.3, -0.25) is 14.7 Å². The molecular weight excluding hydrogens is 318 g/mol. The standard InChI is InChI=1S/C19H23N3O3/c23-19(21-12-14-4-1-2-9-20-14)18-7-6-16-17(25-18)8-10-22(16)13-15-5-3-11-24-15/h1-5,9,11,16-18H,6-8,10,12-13H2,(H,21,23)/t16-,17-,18-/m0/s1. The van der Waals surface area contributed by atoms with E-state index in [9.17, 15) is 4.79 Å². The SMILES string of the molecule is O=C(NCc1ccccn1)[C@@H]1CC[C@H]2[C@H](CCN2Cc2ccco2)O1. The molecule has 0 aliphatic carbocycles. The van der Waals surface area contributed by atoms with E-state index in [1.165, 1.54) is 0 Å². The van der Waals surface area contributed by atoms with Crippen molar-refractivity contribution >= 4 is 5.91 Å². The molecule has 2 aliphatic rings. The molecule has 4 rings (SSSR count). The molecule has 25 heavy (non-hydrogen) atoms. The lowest BCUT2D eigenvalue weighted by Crippen LogP contribution is -2.47. The monoisotopic (exact) mass is 341 g/mol. The van der Waals surface area contributed by atoms with Gasteiger partial charge in [0.2, 0.25) is 5.91 Å². The lowest BCUT2D eigenvalue weighted by Gasteiger charge is -2.35. The third kappa shape index (κ3) is 3.75. The molecule has 132 valence electrons. The molecule has 6 heteroatoms. The van der Waals surface area contributed by atoms with Crippen molar-refractivity contribution in [3.05, 3.63) is 54.2 Å². The number of hydrogen-bond donors (Lipinski definition) is 1. The summed E-state index contributed by atoms with van der Waals surface area (Å²) >= 11 is 0. The van der Waals surface area contributed by atoms with Crippen molar-refractivity contribution in [2.24, 2.45) is 0 Å². The van der Waals surface area contributed by atoms with Crippen molar-refractivity contribution in [3.63, 3.8) is 0 Å². The van der Waals surface area contributed by atoms with Gasteiger partial charge in [-0.15, -0.1) is 0 Å². The molecule has 2 aromatic rings. The minimum Gasteiger partial charge on any atom is -0.468 e. The summed E-state index contributed by atoms with van der Waals surface area (Å²) in [6, 6.07) is 9.99. The van der Waals surface area contributed by atoms with Gasteiger partial charge in [0.25, 0.3) is 0 Å². The van der Waals surface area contributed by atoms with Crippen molar-refractivity contribution in [3.8, 4) is 0 Å². The van der Waals surface area contributed by atoms with Crippen molar-refractivity contribution in [2.75, 3.05) is 6.54 Å². The first-order valence-electron chi connectivity index (χ1n) is 8.89. The van der Waals surface area contributed by atoms with Crippen LogP contribution in [0.4, 0.5) is 0 Å². The van der Waals surface area contributed by atoms with Crippen LogP contribution in [0.15, 0.2) is 47.2 Å². The van der Waals surface area contributed by atoms with Crippen LogP contribution in [0.5, 0.6) is 0 Å². The van der Waals surface area contributed by atoms with Crippen molar-refractivity contribution < 1.29 is 13.9 Å². The van der Waals surface area contributed by atoms with Crippen molar-refractivity contribution in [1.29, 1.82) is 0 Å². The number of hydrogen-bond acceptors (Lipinski definition) is 5. The Bertz CT molecular complexity index is 689. The molecule has 2 fully saturated rings. The Morgan fingerprint density at radius 2 is 2.20 bits per heavy atom. The third-order valence-corrected chi connectivity index (χ3v) is 5.06. The Labute approximate surface area is 147 Å². The number of likely N-dealkylation sites (tertiary alicyclic amines) is 1. The number of carbonyl (C=O) groups excluding carboxylic acids is 1. The highest BCUT2D eigenvalue weighted by Crippen LogP contribution is 2.32. The fourth-order valence-electron chi connectivity index (χ4n) is 3.80. The highest BCUT2D eigenvalue weighted by atomic mass is 16.5. The fraction of sp³-hybridized carbons (Fsp3) is 0.474. The lowest BCUT2D eigenvalue weighted by atomic mass is 9.98. The summed E-state index contributed by atoms with van der Waals surface area (Å²) < 4.78 is 11.6. The van der Waals surface area contributed by atoms with E-state index >= 15 is 0 Å². The highest BCUT2D eigenvalue weighted by molar-refractivity contribution is 5.80. The Balaban J connectivity index is 1.29. The molecule has 1 amide bonds. The van der Waals surface area contributed by atoms with Gasteiger partial charge in [0.15, 0.2) is 0 Å². The number of nitrogens with one attached hydrogen (secondary N) is 1. The number of fused-ring (bicyclic) bond motifs is 1. The number of carbonyl (C=O) groups is 1. The molecule has 0 unspecified atom stereocenters. The van der Waals surface area contributed by atoms with Crippen molar-refractivity contribution in [2.45, 2.75) is 50.6 Å². The van der Waals surface area contributed by atoms with E-state index in [0.29, 0.717) is 12.6 Å². The summed E-state index contributed by atoms with van der Waals surface area (Å²) in [5.74, 6) is 0.949. The molecule has 0 bridgehead atoms. The lowest BCUT2D eigenvalue weighted by molar-refractivity contribution is -0.144. The van der Waals surface area contributed by atoms with E-state index < -0.39 is 0 Å². The van der Waals surface area contributed by atoms with E-state index in [-0.39, 0.29) is 18.1 Å². The molecule has 2 aromatic heterocycles. The van der Waals surface area contributed by atoms with Crippen LogP contribution in [0.2, 0.25) is 0 Å². The number of aromatic nitrogens is 1. The smallest absolute Gasteiger partial charge is 0.249 e. The van der Waals surface area contributed by atoms with Gasteiger partial charge in [-0.05, 0) is 43.5 Å². The Kier molecular flexibility index (Phi) is 4.81. The first-order chi connectivity index (χ1) is 12.3. The Morgan fingerprint density at radius 1 is 1.24 bits per heavy atom. The predicted molar refractivity (Wildman–Crippen MR) is 91.5 cm³/mol. The van der Waals surface area contributed by atoms with Gasteiger partial charge in [-0.2, -0.15) is 0 Å². The second-order valence-electron chi connectivity index (χ2n) is 6.69. The van der Waals surface area contributed by atoms with E-state index in [1.54, 1.807) is 12.5 Å². The first-order valence-corrected chi connectivity index (χ1v) is 8.89. The van der Waals surface area contributed by atoms with Gasteiger partial charge in [0, 0.05) is 18.8 Å². The minimum atomic E-state index is -0.353. The number of furan rings is 1. The zero-order valence-electron chi connectivity index (χ0n) is 14.1. The van der Waals surface area contributed by atoms with Gasteiger partial charge in [-0.25, -0.2) is 0 Å². The number of rotatable bonds is 5. The van der Waals surface area contributed by atoms with E-state index in [2.05, 4.69) is 15.2 Å². The van der Waals surface area contributed by atoms with Gasteiger partial charge in [-0.1, -0.05) is 6.07 Å². The van der Waals surface area contributed by atoms with Crippen LogP contribution in [0, 0.1) is 0 Å². The number of nitrogens with zero attached hydrogens (tertiary/aromatic N) is 2. The number of pyridine rings is 1. The van der Waals surface area contributed by atoms with Crippen LogP contribution in [0.1, 0.15) is 30.7 Å². The molecule has 0 aromatic carbocycles. The van der Waals surface area contributed by atoms with E-state index in [4.69, 9.17) is 9.15 Å². The maximum absolute atomic E-state index is 12.4. The predicted octanol–water partition coefficient (Wildman–Crippen LogP) is 2.11. The second-order valence-corrected chi connectivity index (χ2v) is 6.69. The topological polar surface area (TPSA) is 67.6 Å². The molecule has 6 nitrogen and oxygen atoms in total. The molecule has 0 spiro atoms. The zero-order valence-corrected chi connectivity index (χ0v) is 14.1. The molecule has 2 aliphatic heterocycles. The van der Waals surface area contributed by atoms with Crippen LogP contribution in [-0.4, -0.2) is 40.6 Å². The maximum atomic E-state index is 12.4. The maximum Gasteiger partial charge on any atom is 0.249 e. The second kappa shape index (κ2) is 7.37. The summed E-state index contributed by atoms with van der Waals surface area (Å²) in [4.78, 5) is 19.0. The normalized spacial score (nSPS) is 26.3. The quantitative estimate of drug-likeness (QED) is 0.902. The van der Waals surface area contributed by atoms with Crippen LogP contribution in [-0.2, 0) is 22.6 Å².